The van der Waals surface area contributed by atoms with Crippen LogP contribution in [0.15, 0.2) is 30.3 Å². The molecule has 0 aliphatic heterocycles. The van der Waals surface area contributed by atoms with Gasteiger partial charge in [-0.25, -0.2) is 0 Å². The molecule has 0 saturated carbocycles. The molecular formula is C13H13ClN2OS. The molecule has 94 valence electrons. The summed E-state index contributed by atoms with van der Waals surface area (Å²) >= 11 is 7.63. The first kappa shape index (κ1) is 12.9. The summed E-state index contributed by atoms with van der Waals surface area (Å²) in [6.45, 7) is 2.79. The molecule has 1 aromatic heterocycles. The number of anilines is 1. The molecule has 2 aromatic rings. The third-order valence-electron chi connectivity index (χ3n) is 2.49. The van der Waals surface area contributed by atoms with Gasteiger partial charge in [0.1, 0.15) is 0 Å². The van der Waals surface area contributed by atoms with Gasteiger partial charge in [-0.05, 0) is 37.3 Å². The number of carbonyl (C=O) groups excluding carboxylic acids is 1. The molecular weight excluding hydrogens is 268 g/mol. The zero-order chi connectivity index (χ0) is 13.1. The molecule has 5 heteroatoms. The highest BCUT2D eigenvalue weighted by Gasteiger charge is 2.07. The van der Waals surface area contributed by atoms with Crippen LogP contribution in [-0.4, -0.2) is 5.91 Å². The number of halogens is 1. The van der Waals surface area contributed by atoms with Crippen LogP contribution in [0, 0.1) is 6.92 Å². The number of rotatable bonds is 4. The molecule has 0 aliphatic rings. The minimum Gasteiger partial charge on any atom is -0.380 e. The van der Waals surface area contributed by atoms with E-state index in [2.05, 4.69) is 24.4 Å². The summed E-state index contributed by atoms with van der Waals surface area (Å²) in [5, 5.41) is 3.62. The monoisotopic (exact) mass is 280 g/mol. The largest absolute Gasteiger partial charge is 0.380 e. The van der Waals surface area contributed by atoms with Crippen molar-refractivity contribution in [1.29, 1.82) is 0 Å². The Balaban J connectivity index is 2.10. The van der Waals surface area contributed by atoms with Crippen molar-refractivity contribution in [3.63, 3.8) is 0 Å². The van der Waals surface area contributed by atoms with Gasteiger partial charge in [0.15, 0.2) is 0 Å². The lowest BCUT2D eigenvalue weighted by Gasteiger charge is -2.07. The van der Waals surface area contributed by atoms with Gasteiger partial charge >= 0.3 is 0 Å². The van der Waals surface area contributed by atoms with Crippen LogP contribution in [0.25, 0.3) is 0 Å². The molecule has 1 aromatic carbocycles. The van der Waals surface area contributed by atoms with E-state index in [1.165, 1.54) is 9.75 Å². The number of nitrogens with two attached hydrogens (primary N) is 1. The number of carbonyl (C=O) groups is 1. The minimum absolute atomic E-state index is 0.337. The van der Waals surface area contributed by atoms with Gasteiger partial charge in [0.2, 0.25) is 5.91 Å². The molecule has 0 spiro atoms. The average Bonchev–Trinajstić information content (AvgIpc) is 2.74. The van der Waals surface area contributed by atoms with E-state index in [9.17, 15) is 4.79 Å². The number of aryl methyl sites for hydroxylation is 1. The second-order valence-electron chi connectivity index (χ2n) is 3.92. The SMILES string of the molecule is Cc1ccc(CNc2ccc(Cl)c(C(N)=O)c2)s1. The first-order valence-electron chi connectivity index (χ1n) is 5.45. The zero-order valence-corrected chi connectivity index (χ0v) is 11.4. The fraction of sp³-hybridized carbons (Fsp3) is 0.154. The van der Waals surface area contributed by atoms with Crippen molar-refractivity contribution in [2.75, 3.05) is 5.32 Å². The highest BCUT2D eigenvalue weighted by Crippen LogP contribution is 2.22. The van der Waals surface area contributed by atoms with Crippen LogP contribution in [-0.2, 0) is 6.54 Å². The van der Waals surface area contributed by atoms with Gasteiger partial charge in [0, 0.05) is 22.0 Å². The summed E-state index contributed by atoms with van der Waals surface area (Å²) in [5.74, 6) is -0.518. The van der Waals surface area contributed by atoms with Crippen LogP contribution in [0.3, 0.4) is 0 Å². The third-order valence-corrected chi connectivity index (χ3v) is 3.82. The second kappa shape index (κ2) is 5.42. The van der Waals surface area contributed by atoms with E-state index in [1.807, 2.05) is 6.07 Å². The van der Waals surface area contributed by atoms with Crippen LogP contribution in [0.1, 0.15) is 20.1 Å². The Morgan fingerprint density at radius 3 is 2.78 bits per heavy atom. The highest BCUT2D eigenvalue weighted by atomic mass is 35.5. The molecule has 2 rings (SSSR count). The zero-order valence-electron chi connectivity index (χ0n) is 9.87. The molecule has 3 nitrogen and oxygen atoms in total. The Morgan fingerprint density at radius 2 is 2.17 bits per heavy atom. The number of thiophene rings is 1. The van der Waals surface area contributed by atoms with Gasteiger partial charge in [-0.3, -0.25) is 4.79 Å². The number of amides is 1. The number of primary amides is 1. The lowest BCUT2D eigenvalue weighted by atomic mass is 10.2. The first-order valence-corrected chi connectivity index (χ1v) is 6.64. The van der Waals surface area contributed by atoms with E-state index in [-0.39, 0.29) is 0 Å². The molecule has 18 heavy (non-hydrogen) atoms. The Bertz CT molecular complexity index is 580. The number of benzene rings is 1. The highest BCUT2D eigenvalue weighted by molar-refractivity contribution is 7.11. The molecule has 0 atom stereocenters. The van der Waals surface area contributed by atoms with Crippen molar-refractivity contribution in [2.24, 2.45) is 5.73 Å². The molecule has 0 bridgehead atoms. The van der Waals surface area contributed by atoms with E-state index >= 15 is 0 Å². The van der Waals surface area contributed by atoms with Gasteiger partial charge in [-0.2, -0.15) is 0 Å². The van der Waals surface area contributed by atoms with E-state index in [0.717, 1.165) is 12.2 Å². The molecule has 1 heterocycles. The van der Waals surface area contributed by atoms with Gasteiger partial charge in [0.05, 0.1) is 10.6 Å². The maximum absolute atomic E-state index is 11.2. The van der Waals surface area contributed by atoms with Crippen molar-refractivity contribution < 1.29 is 4.79 Å². The first-order chi connectivity index (χ1) is 8.56. The van der Waals surface area contributed by atoms with Crippen molar-refractivity contribution in [1.82, 2.24) is 0 Å². The predicted octanol–water partition coefficient (Wildman–Crippen LogP) is 3.42. The summed E-state index contributed by atoms with van der Waals surface area (Å²) in [7, 11) is 0. The predicted molar refractivity (Wildman–Crippen MR) is 76.4 cm³/mol. The molecule has 0 saturated heterocycles. The topological polar surface area (TPSA) is 55.1 Å². The van der Waals surface area contributed by atoms with Crippen LogP contribution >= 0.6 is 22.9 Å². The van der Waals surface area contributed by atoms with Crippen LogP contribution < -0.4 is 11.1 Å². The molecule has 0 radical (unpaired) electrons. The summed E-state index contributed by atoms with van der Waals surface area (Å²) in [5.41, 5.74) is 6.41. The Morgan fingerprint density at radius 1 is 1.39 bits per heavy atom. The van der Waals surface area contributed by atoms with E-state index in [1.54, 1.807) is 23.5 Å². The number of hydrogen-bond acceptors (Lipinski definition) is 3. The lowest BCUT2D eigenvalue weighted by molar-refractivity contribution is 0.100. The fourth-order valence-corrected chi connectivity index (χ4v) is 2.63. The fourth-order valence-electron chi connectivity index (χ4n) is 1.59. The number of nitrogens with one attached hydrogen (secondary N) is 1. The normalized spacial score (nSPS) is 10.3. The lowest BCUT2D eigenvalue weighted by Crippen LogP contribution is -2.12. The second-order valence-corrected chi connectivity index (χ2v) is 5.70. The smallest absolute Gasteiger partial charge is 0.250 e. The summed E-state index contributed by atoms with van der Waals surface area (Å²) < 4.78 is 0. The third kappa shape index (κ3) is 3.03. The number of hydrogen-bond donors (Lipinski definition) is 2. The average molecular weight is 281 g/mol. The summed E-state index contributed by atoms with van der Waals surface area (Å²) in [4.78, 5) is 13.7. The molecule has 1 amide bonds. The molecule has 3 N–H and O–H groups in total. The molecule has 0 fully saturated rings. The standard InChI is InChI=1S/C13H13ClN2OS/c1-8-2-4-10(18-8)7-16-9-3-5-12(14)11(6-9)13(15)17/h2-6,16H,7H2,1H3,(H2,15,17). The summed E-state index contributed by atoms with van der Waals surface area (Å²) in [6.07, 6.45) is 0. The molecule has 0 aliphatic carbocycles. The van der Waals surface area contributed by atoms with Crippen LogP contribution in [0.2, 0.25) is 5.02 Å². The van der Waals surface area contributed by atoms with Crippen molar-refractivity contribution in [2.45, 2.75) is 13.5 Å². The van der Waals surface area contributed by atoms with Crippen molar-refractivity contribution in [3.8, 4) is 0 Å². The Hall–Kier alpha value is -1.52. The quantitative estimate of drug-likeness (QED) is 0.902. The van der Waals surface area contributed by atoms with Gasteiger partial charge < -0.3 is 11.1 Å². The van der Waals surface area contributed by atoms with Crippen molar-refractivity contribution >= 4 is 34.5 Å². The molecule has 0 unspecified atom stereocenters. The maximum atomic E-state index is 11.2. The van der Waals surface area contributed by atoms with E-state index in [4.69, 9.17) is 17.3 Å². The minimum atomic E-state index is -0.518. The maximum Gasteiger partial charge on any atom is 0.250 e. The van der Waals surface area contributed by atoms with Gasteiger partial charge in [-0.15, -0.1) is 11.3 Å². The van der Waals surface area contributed by atoms with E-state index in [0.29, 0.717) is 10.6 Å². The Labute approximate surface area is 115 Å². The van der Waals surface area contributed by atoms with Gasteiger partial charge in [0.25, 0.3) is 0 Å². The van der Waals surface area contributed by atoms with Crippen LogP contribution in [0.4, 0.5) is 5.69 Å². The summed E-state index contributed by atoms with van der Waals surface area (Å²) in [6, 6.07) is 9.33. The van der Waals surface area contributed by atoms with Gasteiger partial charge in [-0.1, -0.05) is 11.6 Å². The Kier molecular flexibility index (Phi) is 3.89. The van der Waals surface area contributed by atoms with Crippen molar-refractivity contribution in [3.05, 3.63) is 50.7 Å². The van der Waals surface area contributed by atoms with Crippen LogP contribution in [0.5, 0.6) is 0 Å². The van der Waals surface area contributed by atoms with E-state index < -0.39 is 5.91 Å².